The number of ether oxygens (including phenoxy) is 2. The largest absolute Gasteiger partial charge is 0.486 e. The van der Waals surface area contributed by atoms with Crippen LogP contribution in [0.25, 0.3) is 0 Å². The first kappa shape index (κ1) is 19.7. The third-order valence-electron chi connectivity index (χ3n) is 4.36. The smallest absolute Gasteiger partial charge is 0.410 e. The zero-order valence-electron chi connectivity index (χ0n) is 17.0. The van der Waals surface area contributed by atoms with Gasteiger partial charge in [0.2, 0.25) is 0 Å². The zero-order valence-corrected chi connectivity index (χ0v) is 17.0. The first-order valence-corrected chi connectivity index (χ1v) is 9.20. The number of amides is 1. The number of rotatable bonds is 2. The molecule has 0 aromatic carbocycles. The van der Waals surface area contributed by atoms with Crippen molar-refractivity contribution in [2.24, 2.45) is 4.99 Å². The second kappa shape index (κ2) is 7.54. The highest BCUT2D eigenvalue weighted by molar-refractivity contribution is 5.74. The molecule has 9 heteroatoms. The minimum absolute atomic E-state index is 0.0380. The van der Waals surface area contributed by atoms with Crippen LogP contribution in [0.5, 0.6) is 5.75 Å². The number of nitriles is 1. The highest BCUT2D eigenvalue weighted by Crippen LogP contribution is 2.40. The summed E-state index contributed by atoms with van der Waals surface area (Å²) < 4.78 is 11.4. The Morgan fingerprint density at radius 2 is 2.21 bits per heavy atom. The molecule has 1 aromatic heterocycles. The first-order chi connectivity index (χ1) is 13.2. The Kier molecular flexibility index (Phi) is 5.31. The lowest BCUT2D eigenvalue weighted by Gasteiger charge is -2.44. The van der Waals surface area contributed by atoms with Gasteiger partial charge in [-0.3, -0.25) is 0 Å². The normalized spacial score (nSPS) is 18.8. The third-order valence-corrected chi connectivity index (χ3v) is 4.36. The second-order valence-corrected chi connectivity index (χ2v) is 8.08. The minimum atomic E-state index is -0.531. The Morgan fingerprint density at radius 1 is 1.46 bits per heavy atom. The van der Waals surface area contributed by atoms with Gasteiger partial charge in [0, 0.05) is 33.7 Å². The summed E-state index contributed by atoms with van der Waals surface area (Å²) in [6, 6.07) is 2.15. The number of nitrogens with zero attached hydrogens (tertiary/aromatic N) is 6. The molecule has 28 heavy (non-hydrogen) atoms. The standard InChI is InChI=1S/C19H26N6O3/c1-19(2,3)28-18(26)24-6-7-25-13(10-24)11-27-16-14(8-20)15(9-21-17(16)25)22-12-23(4)5/h9,12-13H,6-7,10-11H2,1-5H3/b22-12+/t13-/m0/s1. The molecular weight excluding hydrogens is 360 g/mol. The molecule has 1 fully saturated rings. The number of hydrogen-bond donors (Lipinski definition) is 0. The molecule has 3 heterocycles. The van der Waals surface area contributed by atoms with E-state index in [1.807, 2.05) is 34.9 Å². The number of carbonyl (C=O) groups is 1. The molecule has 1 saturated heterocycles. The lowest BCUT2D eigenvalue weighted by atomic mass is 10.1. The number of anilines is 1. The highest BCUT2D eigenvalue weighted by Gasteiger charge is 2.38. The minimum Gasteiger partial charge on any atom is -0.486 e. The van der Waals surface area contributed by atoms with E-state index in [4.69, 9.17) is 9.47 Å². The molecule has 0 unspecified atom stereocenters. The van der Waals surface area contributed by atoms with Crippen LogP contribution in [0.1, 0.15) is 26.3 Å². The molecule has 3 rings (SSSR count). The molecule has 0 saturated carbocycles. The van der Waals surface area contributed by atoms with Crippen LogP contribution in [0.4, 0.5) is 16.3 Å². The topological polar surface area (TPSA) is 94.3 Å². The number of aliphatic imine (C=N–C) groups is 1. The summed E-state index contributed by atoms with van der Waals surface area (Å²) in [6.45, 7) is 7.52. The molecule has 1 amide bonds. The van der Waals surface area contributed by atoms with Crippen molar-refractivity contribution in [2.45, 2.75) is 32.4 Å². The van der Waals surface area contributed by atoms with Crippen LogP contribution in [0.15, 0.2) is 11.2 Å². The fourth-order valence-electron chi connectivity index (χ4n) is 3.15. The number of aromatic nitrogens is 1. The maximum atomic E-state index is 12.4. The van der Waals surface area contributed by atoms with Gasteiger partial charge in [0.15, 0.2) is 11.6 Å². The predicted molar refractivity (Wildman–Crippen MR) is 105 cm³/mol. The van der Waals surface area contributed by atoms with Gasteiger partial charge in [-0.2, -0.15) is 5.26 Å². The van der Waals surface area contributed by atoms with Gasteiger partial charge in [0.25, 0.3) is 0 Å². The molecule has 1 aromatic rings. The molecule has 2 aliphatic heterocycles. The predicted octanol–water partition coefficient (Wildman–Crippen LogP) is 1.99. The maximum absolute atomic E-state index is 12.4. The van der Waals surface area contributed by atoms with Gasteiger partial charge in [-0.15, -0.1) is 0 Å². The lowest BCUT2D eigenvalue weighted by molar-refractivity contribution is 0.0194. The Bertz CT molecular complexity index is 824. The van der Waals surface area contributed by atoms with Gasteiger partial charge in [0.1, 0.15) is 29.5 Å². The SMILES string of the molecule is CN(C)/C=N/c1cnc2c(c1C#N)OC[C@@H]1CN(C(=O)OC(C)(C)C)CCN21. The third kappa shape index (κ3) is 4.11. The van der Waals surface area contributed by atoms with Crippen LogP contribution in [0.3, 0.4) is 0 Å². The van der Waals surface area contributed by atoms with E-state index < -0.39 is 5.60 Å². The van der Waals surface area contributed by atoms with Crippen LogP contribution in [0.2, 0.25) is 0 Å². The summed E-state index contributed by atoms with van der Waals surface area (Å²) >= 11 is 0. The van der Waals surface area contributed by atoms with Gasteiger partial charge in [0.05, 0.1) is 18.6 Å². The highest BCUT2D eigenvalue weighted by atomic mass is 16.6. The fraction of sp³-hybridized carbons (Fsp3) is 0.579. The van der Waals surface area contributed by atoms with Crippen molar-refractivity contribution in [1.29, 1.82) is 5.26 Å². The number of piperazine rings is 1. The second-order valence-electron chi connectivity index (χ2n) is 8.08. The molecule has 0 bridgehead atoms. The first-order valence-electron chi connectivity index (χ1n) is 9.20. The molecule has 150 valence electrons. The van der Waals surface area contributed by atoms with E-state index >= 15 is 0 Å². The van der Waals surface area contributed by atoms with E-state index in [2.05, 4.69) is 20.9 Å². The van der Waals surface area contributed by atoms with E-state index in [0.29, 0.717) is 49.1 Å². The van der Waals surface area contributed by atoms with Crippen molar-refractivity contribution in [3.63, 3.8) is 0 Å². The Hall–Kier alpha value is -3.02. The van der Waals surface area contributed by atoms with Crippen molar-refractivity contribution in [2.75, 3.05) is 45.2 Å². The van der Waals surface area contributed by atoms with Crippen LogP contribution in [-0.4, -0.2) is 79.2 Å². The molecule has 0 aliphatic carbocycles. The van der Waals surface area contributed by atoms with Crippen molar-refractivity contribution < 1.29 is 14.3 Å². The average Bonchev–Trinajstić information content (AvgIpc) is 2.63. The van der Waals surface area contributed by atoms with Crippen LogP contribution < -0.4 is 9.64 Å². The van der Waals surface area contributed by atoms with Crippen LogP contribution in [-0.2, 0) is 4.74 Å². The van der Waals surface area contributed by atoms with Crippen molar-refractivity contribution >= 4 is 23.9 Å². The van der Waals surface area contributed by atoms with Gasteiger partial charge in [-0.05, 0) is 20.8 Å². The lowest BCUT2D eigenvalue weighted by Crippen LogP contribution is -2.59. The number of pyridine rings is 1. The van der Waals surface area contributed by atoms with Crippen LogP contribution in [0, 0.1) is 11.3 Å². The molecule has 1 atom stereocenters. The molecule has 2 aliphatic rings. The maximum Gasteiger partial charge on any atom is 0.410 e. The summed E-state index contributed by atoms with van der Waals surface area (Å²) in [5.41, 5.74) is 0.313. The summed E-state index contributed by atoms with van der Waals surface area (Å²) in [6.07, 6.45) is 2.88. The molecule has 0 spiro atoms. The summed E-state index contributed by atoms with van der Waals surface area (Å²) in [4.78, 5) is 26.8. The van der Waals surface area contributed by atoms with E-state index in [9.17, 15) is 10.1 Å². The average molecular weight is 386 g/mol. The summed E-state index contributed by atoms with van der Waals surface area (Å²) in [5.74, 6) is 1.08. The van der Waals surface area contributed by atoms with Gasteiger partial charge in [-0.25, -0.2) is 14.8 Å². The van der Waals surface area contributed by atoms with Crippen molar-refractivity contribution in [3.05, 3.63) is 11.8 Å². The summed E-state index contributed by atoms with van der Waals surface area (Å²) in [7, 11) is 3.71. The monoisotopic (exact) mass is 386 g/mol. The van der Waals surface area contributed by atoms with E-state index in [1.54, 1.807) is 22.3 Å². The molecular formula is C19H26N6O3. The van der Waals surface area contributed by atoms with Gasteiger partial charge in [-0.1, -0.05) is 0 Å². The number of hydrogen-bond acceptors (Lipinski definition) is 7. The Morgan fingerprint density at radius 3 is 2.86 bits per heavy atom. The Labute approximate surface area is 165 Å². The van der Waals surface area contributed by atoms with E-state index in [1.165, 1.54) is 0 Å². The van der Waals surface area contributed by atoms with Crippen LogP contribution >= 0.6 is 0 Å². The molecule has 0 N–H and O–H groups in total. The number of fused-ring (bicyclic) bond motifs is 3. The van der Waals surface area contributed by atoms with Gasteiger partial charge >= 0.3 is 6.09 Å². The summed E-state index contributed by atoms with van der Waals surface area (Å²) in [5, 5.41) is 9.63. The molecule has 0 radical (unpaired) electrons. The quantitative estimate of drug-likeness (QED) is 0.567. The van der Waals surface area contributed by atoms with Gasteiger partial charge < -0.3 is 24.2 Å². The van der Waals surface area contributed by atoms with Crippen molar-refractivity contribution in [1.82, 2.24) is 14.8 Å². The molecule has 9 nitrogen and oxygen atoms in total. The van der Waals surface area contributed by atoms with E-state index in [0.717, 1.165) is 0 Å². The van der Waals surface area contributed by atoms with Crippen molar-refractivity contribution in [3.8, 4) is 11.8 Å². The number of carbonyl (C=O) groups excluding carboxylic acids is 1. The Balaban J connectivity index is 1.81. The van der Waals surface area contributed by atoms with E-state index in [-0.39, 0.29) is 12.1 Å². The fourth-order valence-corrected chi connectivity index (χ4v) is 3.15. The zero-order chi connectivity index (χ0) is 20.5.